The van der Waals surface area contributed by atoms with Crippen LogP contribution in [0.1, 0.15) is 51.2 Å². The fraction of sp³-hybridized carbons (Fsp3) is 0.714. The fourth-order valence-electron chi connectivity index (χ4n) is 3.83. The maximum Gasteiger partial charge on any atom is 0.336 e. The standard InChI is InChI=1S/C21H35NO7SSi/c1-8-15(23)19-18(14-9-13(2)20-16(10-14)26-12-27-20)17(11-28-30(24,25)22-19)29-31(6,7)21(3,4)5/h9-10,15,17-19,22-23H,8,11-12H2,1-7H3/t15-,17+,18+,19+/m1/s1. The lowest BCUT2D eigenvalue weighted by molar-refractivity contribution is 0.0607. The summed E-state index contributed by atoms with van der Waals surface area (Å²) in [4.78, 5) is 0. The number of hydrogen-bond donors (Lipinski definition) is 2. The Morgan fingerprint density at radius 1 is 1.29 bits per heavy atom. The topological polar surface area (TPSA) is 103 Å². The smallest absolute Gasteiger partial charge is 0.336 e. The molecule has 3 rings (SSSR count). The molecule has 1 aromatic rings. The second-order valence-electron chi connectivity index (χ2n) is 9.87. The van der Waals surface area contributed by atoms with E-state index in [0.29, 0.717) is 17.9 Å². The summed E-state index contributed by atoms with van der Waals surface area (Å²) in [5, 5.41) is 10.7. The van der Waals surface area contributed by atoms with E-state index in [2.05, 4.69) is 38.6 Å². The quantitative estimate of drug-likeness (QED) is 0.633. The van der Waals surface area contributed by atoms with Gasteiger partial charge >= 0.3 is 10.3 Å². The maximum absolute atomic E-state index is 12.5. The molecule has 1 saturated heterocycles. The normalized spacial score (nSPS) is 27.0. The van der Waals surface area contributed by atoms with Crippen LogP contribution in [0.5, 0.6) is 11.5 Å². The molecular formula is C21H35NO7SSi. The van der Waals surface area contributed by atoms with Crippen molar-refractivity contribution in [3.8, 4) is 11.5 Å². The highest BCUT2D eigenvalue weighted by Gasteiger charge is 2.47. The summed E-state index contributed by atoms with van der Waals surface area (Å²) in [6.07, 6.45) is -1.12. The lowest BCUT2D eigenvalue weighted by atomic mass is 9.83. The van der Waals surface area contributed by atoms with Gasteiger partial charge in [0.05, 0.1) is 24.9 Å². The second kappa shape index (κ2) is 8.64. The Labute approximate surface area is 186 Å². The molecule has 10 heteroatoms. The Morgan fingerprint density at radius 2 is 1.97 bits per heavy atom. The minimum Gasteiger partial charge on any atom is -0.454 e. The van der Waals surface area contributed by atoms with Crippen molar-refractivity contribution in [2.45, 2.75) is 83.3 Å². The molecule has 0 radical (unpaired) electrons. The first-order valence-corrected chi connectivity index (χ1v) is 15.0. The molecule has 0 bridgehead atoms. The Balaban J connectivity index is 2.13. The van der Waals surface area contributed by atoms with Gasteiger partial charge in [0, 0.05) is 5.92 Å². The van der Waals surface area contributed by atoms with Crippen LogP contribution in [0.25, 0.3) is 0 Å². The zero-order chi connectivity index (χ0) is 23.2. The first kappa shape index (κ1) is 24.5. The van der Waals surface area contributed by atoms with Gasteiger partial charge in [0.25, 0.3) is 0 Å². The molecule has 0 aliphatic carbocycles. The van der Waals surface area contributed by atoms with Gasteiger partial charge in [-0.3, -0.25) is 4.18 Å². The van der Waals surface area contributed by atoms with Crippen LogP contribution in [0.3, 0.4) is 0 Å². The minimum atomic E-state index is -4.04. The van der Waals surface area contributed by atoms with Crippen LogP contribution in [0, 0.1) is 6.92 Å². The Morgan fingerprint density at radius 3 is 2.58 bits per heavy atom. The summed E-state index contributed by atoms with van der Waals surface area (Å²) in [6, 6.07) is 3.00. The van der Waals surface area contributed by atoms with Gasteiger partial charge in [0.2, 0.25) is 6.79 Å². The third-order valence-corrected chi connectivity index (χ3v) is 12.1. The summed E-state index contributed by atoms with van der Waals surface area (Å²) in [5.41, 5.74) is 1.70. The van der Waals surface area contributed by atoms with Gasteiger partial charge < -0.3 is 19.0 Å². The zero-order valence-corrected chi connectivity index (χ0v) is 21.2. The van der Waals surface area contributed by atoms with Crippen molar-refractivity contribution in [3.05, 3.63) is 23.3 Å². The van der Waals surface area contributed by atoms with E-state index in [0.717, 1.165) is 11.1 Å². The predicted octanol–water partition coefficient (Wildman–Crippen LogP) is 3.20. The van der Waals surface area contributed by atoms with Crippen LogP contribution in [-0.4, -0.2) is 53.5 Å². The molecule has 0 spiro atoms. The largest absolute Gasteiger partial charge is 0.454 e. The summed E-state index contributed by atoms with van der Waals surface area (Å²) in [6.45, 7) is 14.4. The molecule has 1 aromatic carbocycles. The van der Waals surface area contributed by atoms with Gasteiger partial charge in [-0.25, -0.2) is 0 Å². The Bertz CT molecular complexity index is 913. The van der Waals surface area contributed by atoms with Crippen molar-refractivity contribution >= 4 is 18.6 Å². The van der Waals surface area contributed by atoms with Crippen LogP contribution in [0.2, 0.25) is 18.1 Å². The third-order valence-electron chi connectivity index (χ3n) is 6.61. The number of hydrogen-bond acceptors (Lipinski definition) is 7. The van der Waals surface area contributed by atoms with Gasteiger partial charge in [0.15, 0.2) is 19.8 Å². The van der Waals surface area contributed by atoms with Crippen molar-refractivity contribution in [1.82, 2.24) is 4.72 Å². The molecule has 2 aliphatic heterocycles. The van der Waals surface area contributed by atoms with E-state index in [1.165, 1.54) is 0 Å². The molecular weight excluding hydrogens is 438 g/mol. The Kier molecular flexibility index (Phi) is 6.82. The number of aliphatic hydroxyl groups excluding tert-OH is 1. The van der Waals surface area contributed by atoms with Gasteiger partial charge in [-0.05, 0) is 48.7 Å². The van der Waals surface area contributed by atoms with Crippen molar-refractivity contribution in [3.63, 3.8) is 0 Å². The second-order valence-corrected chi connectivity index (χ2v) is 16.0. The molecule has 2 aliphatic rings. The van der Waals surface area contributed by atoms with Crippen molar-refractivity contribution in [1.29, 1.82) is 0 Å². The third kappa shape index (κ3) is 5.09. The molecule has 1 fully saturated rings. The number of rotatable bonds is 5. The number of benzene rings is 1. The van der Waals surface area contributed by atoms with Crippen LogP contribution >= 0.6 is 0 Å². The van der Waals surface area contributed by atoms with Gasteiger partial charge in [-0.1, -0.05) is 33.8 Å². The Hall–Kier alpha value is -1.17. The highest BCUT2D eigenvalue weighted by atomic mass is 32.2. The molecule has 176 valence electrons. The zero-order valence-electron chi connectivity index (χ0n) is 19.4. The molecule has 0 amide bonds. The van der Waals surface area contributed by atoms with Crippen LogP contribution in [-0.2, 0) is 18.9 Å². The molecule has 8 nitrogen and oxygen atoms in total. The van der Waals surface area contributed by atoms with Crippen LogP contribution in [0.4, 0.5) is 0 Å². The molecule has 4 atom stereocenters. The summed E-state index contributed by atoms with van der Waals surface area (Å²) in [7, 11) is -6.33. The van der Waals surface area contributed by atoms with Crippen molar-refractivity contribution in [2.75, 3.05) is 13.4 Å². The SMILES string of the molecule is CC[C@@H](O)[C@@H]1NS(=O)(=O)OC[C@H](O[Si](C)(C)C(C)(C)C)[C@@H]1c1cc(C)c2c(c1)OCO2. The lowest BCUT2D eigenvalue weighted by Crippen LogP contribution is -2.51. The molecule has 0 unspecified atom stereocenters. The molecule has 2 N–H and O–H groups in total. The molecule has 0 aromatic heterocycles. The van der Waals surface area contributed by atoms with Crippen molar-refractivity contribution < 1.29 is 31.6 Å². The van der Waals surface area contributed by atoms with E-state index in [9.17, 15) is 13.5 Å². The number of nitrogens with one attached hydrogen (secondary N) is 1. The summed E-state index contributed by atoms with van der Waals surface area (Å²) in [5.74, 6) is 0.817. The van der Waals surface area contributed by atoms with Crippen LogP contribution < -0.4 is 14.2 Å². The summed E-state index contributed by atoms with van der Waals surface area (Å²) < 4.78 is 50.7. The van der Waals surface area contributed by atoms with E-state index in [-0.39, 0.29) is 18.4 Å². The average molecular weight is 474 g/mol. The lowest BCUT2D eigenvalue weighted by Gasteiger charge is -2.42. The predicted molar refractivity (Wildman–Crippen MR) is 120 cm³/mol. The summed E-state index contributed by atoms with van der Waals surface area (Å²) >= 11 is 0. The first-order chi connectivity index (χ1) is 14.3. The minimum absolute atomic E-state index is 0.0835. The first-order valence-electron chi connectivity index (χ1n) is 10.7. The monoisotopic (exact) mass is 473 g/mol. The number of ether oxygens (including phenoxy) is 2. The van der Waals surface area contributed by atoms with Gasteiger partial charge in [-0.2, -0.15) is 13.1 Å². The fourth-order valence-corrected chi connectivity index (χ4v) is 6.17. The number of aliphatic hydroxyl groups is 1. The van der Waals surface area contributed by atoms with Crippen molar-refractivity contribution in [2.24, 2.45) is 0 Å². The van der Waals surface area contributed by atoms with Crippen LogP contribution in [0.15, 0.2) is 12.1 Å². The van der Waals surface area contributed by atoms with E-state index in [1.54, 1.807) is 0 Å². The van der Waals surface area contributed by atoms with Gasteiger partial charge in [-0.15, -0.1) is 0 Å². The molecule has 0 saturated carbocycles. The average Bonchev–Trinajstić information content (AvgIpc) is 3.08. The number of aryl methyl sites for hydroxylation is 1. The molecule has 31 heavy (non-hydrogen) atoms. The van der Waals surface area contributed by atoms with E-state index in [1.807, 2.05) is 26.0 Å². The highest BCUT2D eigenvalue weighted by Crippen LogP contribution is 2.44. The van der Waals surface area contributed by atoms with Gasteiger partial charge in [0.1, 0.15) is 0 Å². The molecule has 2 heterocycles. The maximum atomic E-state index is 12.5. The van der Waals surface area contributed by atoms with E-state index in [4.69, 9.17) is 18.1 Å². The van der Waals surface area contributed by atoms with E-state index < -0.39 is 42.8 Å². The number of fused-ring (bicyclic) bond motifs is 1. The highest BCUT2D eigenvalue weighted by molar-refractivity contribution is 7.84. The van der Waals surface area contributed by atoms with E-state index >= 15 is 0 Å².